The molecule has 0 fully saturated rings. The zero-order valence-electron chi connectivity index (χ0n) is 12.3. The smallest absolute Gasteiger partial charge is 0.203 e. The molecule has 0 atom stereocenters. The van der Waals surface area contributed by atoms with Crippen molar-refractivity contribution in [2.24, 2.45) is 0 Å². The minimum Gasteiger partial charge on any atom is -0.504 e. The zero-order chi connectivity index (χ0) is 16.1. The van der Waals surface area contributed by atoms with Gasteiger partial charge >= 0.3 is 0 Å². The second kappa shape index (κ2) is 6.59. The van der Waals surface area contributed by atoms with Gasteiger partial charge in [0.1, 0.15) is 11.6 Å². The summed E-state index contributed by atoms with van der Waals surface area (Å²) in [6.07, 6.45) is 1.45. The summed E-state index contributed by atoms with van der Waals surface area (Å²) in [4.78, 5) is 12.4. The number of Topliss-reactive ketones (excluding diaryl/α,β-unsaturated/α-hetero) is 1. The molecular weight excluding hydrogens is 278 g/mol. The molecule has 22 heavy (non-hydrogen) atoms. The minimum absolute atomic E-state index is 0.0128. The summed E-state index contributed by atoms with van der Waals surface area (Å²) in [5, 5.41) is 19.0. The highest BCUT2D eigenvalue weighted by molar-refractivity contribution is 6.14. The Hall–Kier alpha value is -3.06. The molecule has 0 aliphatic rings. The molecule has 0 aromatic heterocycles. The van der Waals surface area contributed by atoms with Crippen molar-refractivity contribution in [1.82, 2.24) is 0 Å². The second-order valence-corrected chi connectivity index (χ2v) is 4.75. The maximum atomic E-state index is 12.4. The van der Waals surface area contributed by atoms with Crippen LogP contribution < -0.4 is 4.74 Å². The molecular formula is C18H15NO3. The van der Waals surface area contributed by atoms with Crippen LogP contribution in [0.1, 0.15) is 21.5 Å². The number of methoxy groups -OCH3 is 1. The number of hydrogen-bond acceptors (Lipinski definition) is 4. The van der Waals surface area contributed by atoms with Gasteiger partial charge in [-0.25, -0.2) is 0 Å². The van der Waals surface area contributed by atoms with Gasteiger partial charge in [-0.2, -0.15) is 5.26 Å². The molecule has 0 aliphatic heterocycles. The van der Waals surface area contributed by atoms with Crippen LogP contribution in [0.4, 0.5) is 0 Å². The maximum absolute atomic E-state index is 12.4. The number of ketones is 1. The van der Waals surface area contributed by atoms with E-state index in [1.807, 2.05) is 25.1 Å². The molecule has 2 aromatic rings. The third-order valence-corrected chi connectivity index (χ3v) is 3.27. The van der Waals surface area contributed by atoms with Crippen LogP contribution in [-0.4, -0.2) is 18.0 Å². The van der Waals surface area contributed by atoms with Gasteiger partial charge in [0.2, 0.25) is 5.78 Å². The summed E-state index contributed by atoms with van der Waals surface area (Å²) in [5.74, 6) is -0.0475. The van der Waals surface area contributed by atoms with Crippen molar-refractivity contribution < 1.29 is 14.6 Å². The number of carbonyl (C=O) groups is 1. The second-order valence-electron chi connectivity index (χ2n) is 4.75. The highest BCUT2D eigenvalue weighted by atomic mass is 16.5. The third kappa shape index (κ3) is 3.15. The molecule has 0 radical (unpaired) electrons. The lowest BCUT2D eigenvalue weighted by Gasteiger charge is -2.05. The fourth-order valence-electron chi connectivity index (χ4n) is 2.08. The van der Waals surface area contributed by atoms with E-state index in [-0.39, 0.29) is 17.1 Å². The third-order valence-electron chi connectivity index (χ3n) is 3.27. The Balaban J connectivity index is 2.40. The molecule has 2 aromatic carbocycles. The Morgan fingerprint density at radius 3 is 2.59 bits per heavy atom. The van der Waals surface area contributed by atoms with E-state index < -0.39 is 0 Å². The lowest BCUT2D eigenvalue weighted by Crippen LogP contribution is -2.04. The van der Waals surface area contributed by atoms with E-state index in [9.17, 15) is 15.2 Å². The van der Waals surface area contributed by atoms with Gasteiger partial charge in [0.05, 0.1) is 7.11 Å². The molecule has 0 amide bonds. The summed E-state index contributed by atoms with van der Waals surface area (Å²) in [6.45, 7) is 1.82. The van der Waals surface area contributed by atoms with Crippen molar-refractivity contribution in [3.05, 3.63) is 64.7 Å². The fourth-order valence-corrected chi connectivity index (χ4v) is 2.08. The van der Waals surface area contributed by atoms with Crippen LogP contribution in [0, 0.1) is 18.3 Å². The lowest BCUT2D eigenvalue weighted by molar-refractivity contribution is 0.103. The predicted octanol–water partition coefficient (Wildman–Crippen LogP) is 3.50. The number of aryl methyl sites for hydroxylation is 1. The van der Waals surface area contributed by atoms with Crippen molar-refractivity contribution in [2.45, 2.75) is 6.92 Å². The summed E-state index contributed by atoms with van der Waals surface area (Å²) in [7, 11) is 1.45. The number of phenolic OH excluding ortho intramolecular Hbond substituents is 1. The molecule has 0 bridgehead atoms. The number of nitriles is 1. The highest BCUT2D eigenvalue weighted by Crippen LogP contribution is 2.27. The van der Waals surface area contributed by atoms with E-state index in [0.717, 1.165) is 5.56 Å². The number of hydrogen-bond donors (Lipinski definition) is 1. The average molecular weight is 293 g/mol. The number of benzene rings is 2. The molecule has 0 spiro atoms. The van der Waals surface area contributed by atoms with Gasteiger partial charge < -0.3 is 9.84 Å². The van der Waals surface area contributed by atoms with Crippen LogP contribution in [0.2, 0.25) is 0 Å². The maximum Gasteiger partial charge on any atom is 0.203 e. The normalized spacial score (nSPS) is 10.9. The van der Waals surface area contributed by atoms with Crippen molar-refractivity contribution >= 4 is 11.9 Å². The molecule has 0 saturated heterocycles. The molecule has 0 unspecified atom stereocenters. The first-order valence-electron chi connectivity index (χ1n) is 6.66. The molecule has 2 rings (SSSR count). The Kier molecular flexibility index (Phi) is 4.60. The number of ether oxygens (including phenoxy) is 1. The van der Waals surface area contributed by atoms with Gasteiger partial charge in [-0.3, -0.25) is 4.79 Å². The van der Waals surface area contributed by atoms with Crippen LogP contribution in [-0.2, 0) is 0 Å². The van der Waals surface area contributed by atoms with Gasteiger partial charge in [0, 0.05) is 5.56 Å². The Labute approximate surface area is 128 Å². The molecule has 110 valence electrons. The minimum atomic E-state index is -0.337. The van der Waals surface area contributed by atoms with E-state index in [0.29, 0.717) is 16.9 Å². The van der Waals surface area contributed by atoms with Gasteiger partial charge in [0.25, 0.3) is 0 Å². The first kappa shape index (κ1) is 15.3. The van der Waals surface area contributed by atoms with Gasteiger partial charge in [-0.15, -0.1) is 0 Å². The molecule has 4 heteroatoms. The summed E-state index contributed by atoms with van der Waals surface area (Å²) >= 11 is 0. The topological polar surface area (TPSA) is 70.3 Å². The molecule has 0 heterocycles. The number of allylic oxidation sites excluding steroid dienone is 1. The zero-order valence-corrected chi connectivity index (χ0v) is 12.3. The number of nitrogens with zero attached hydrogens (tertiary/aromatic N) is 1. The SMILES string of the molecule is COc1ccc(/C=C(\C#N)C(=O)c2ccccc2C)cc1O. The van der Waals surface area contributed by atoms with Crippen LogP contribution in [0.25, 0.3) is 6.08 Å². The van der Waals surface area contributed by atoms with E-state index in [1.54, 1.807) is 24.3 Å². The Bertz CT molecular complexity index is 785. The summed E-state index contributed by atoms with van der Waals surface area (Å²) in [5.41, 5.74) is 1.87. The van der Waals surface area contributed by atoms with E-state index in [1.165, 1.54) is 19.3 Å². The van der Waals surface area contributed by atoms with Gasteiger partial charge in [-0.1, -0.05) is 30.3 Å². The number of carbonyl (C=O) groups excluding carboxylic acids is 1. The van der Waals surface area contributed by atoms with E-state index in [4.69, 9.17) is 4.74 Å². The van der Waals surface area contributed by atoms with Crippen molar-refractivity contribution in [3.8, 4) is 17.6 Å². The Morgan fingerprint density at radius 1 is 1.27 bits per heavy atom. The molecule has 4 nitrogen and oxygen atoms in total. The van der Waals surface area contributed by atoms with E-state index in [2.05, 4.69) is 0 Å². The van der Waals surface area contributed by atoms with Crippen LogP contribution in [0.15, 0.2) is 48.0 Å². The average Bonchev–Trinajstić information content (AvgIpc) is 2.52. The quantitative estimate of drug-likeness (QED) is 0.532. The van der Waals surface area contributed by atoms with Gasteiger partial charge in [-0.05, 0) is 36.3 Å². The predicted molar refractivity (Wildman–Crippen MR) is 83.8 cm³/mol. The number of aromatic hydroxyl groups is 1. The molecule has 0 saturated carbocycles. The van der Waals surface area contributed by atoms with Crippen LogP contribution in [0.3, 0.4) is 0 Å². The highest BCUT2D eigenvalue weighted by Gasteiger charge is 2.14. The Morgan fingerprint density at radius 2 is 2.00 bits per heavy atom. The first-order valence-corrected chi connectivity index (χ1v) is 6.66. The molecule has 0 aliphatic carbocycles. The number of rotatable bonds is 4. The lowest BCUT2D eigenvalue weighted by atomic mass is 9.98. The van der Waals surface area contributed by atoms with E-state index >= 15 is 0 Å². The van der Waals surface area contributed by atoms with Gasteiger partial charge in [0.15, 0.2) is 11.5 Å². The number of phenols is 1. The molecule has 1 N–H and O–H groups in total. The van der Waals surface area contributed by atoms with Crippen molar-refractivity contribution in [2.75, 3.05) is 7.11 Å². The summed E-state index contributed by atoms with van der Waals surface area (Å²) in [6, 6.07) is 13.7. The monoisotopic (exact) mass is 293 g/mol. The largest absolute Gasteiger partial charge is 0.504 e. The van der Waals surface area contributed by atoms with Crippen molar-refractivity contribution in [3.63, 3.8) is 0 Å². The first-order chi connectivity index (χ1) is 10.6. The van der Waals surface area contributed by atoms with Crippen LogP contribution in [0.5, 0.6) is 11.5 Å². The standard InChI is InChI=1S/C18H15NO3/c1-12-5-3-4-6-15(12)18(21)14(11-19)9-13-7-8-17(22-2)16(20)10-13/h3-10,20H,1-2H3/b14-9+. The van der Waals surface area contributed by atoms with Crippen molar-refractivity contribution in [1.29, 1.82) is 5.26 Å². The fraction of sp³-hybridized carbons (Fsp3) is 0.111. The van der Waals surface area contributed by atoms with Crippen LogP contribution >= 0.6 is 0 Å². The summed E-state index contributed by atoms with van der Waals surface area (Å²) < 4.78 is 4.96.